The lowest BCUT2D eigenvalue weighted by molar-refractivity contribution is -0.120. The third-order valence-electron chi connectivity index (χ3n) is 5.99. The Morgan fingerprint density at radius 1 is 1.20 bits per heavy atom. The van der Waals surface area contributed by atoms with E-state index in [1.165, 1.54) is 6.07 Å². The van der Waals surface area contributed by atoms with Crippen LogP contribution in [0.4, 0.5) is 16.0 Å². The van der Waals surface area contributed by atoms with E-state index >= 15 is 0 Å². The Morgan fingerprint density at radius 2 is 2.00 bits per heavy atom. The zero-order valence-electron chi connectivity index (χ0n) is 19.2. The van der Waals surface area contributed by atoms with Gasteiger partial charge in [-0.25, -0.2) is 24.0 Å². The summed E-state index contributed by atoms with van der Waals surface area (Å²) in [4.78, 5) is 37.6. The zero-order chi connectivity index (χ0) is 24.7. The molecule has 0 atom stereocenters. The molecule has 0 bridgehead atoms. The van der Waals surface area contributed by atoms with Crippen LogP contribution in [0.25, 0.3) is 22.6 Å². The molecular weight excluding hydrogens is 451 g/mol. The third kappa shape index (κ3) is 3.94. The number of nitrogens with zero attached hydrogens (tertiary/aromatic N) is 5. The van der Waals surface area contributed by atoms with Crippen LogP contribution in [0.15, 0.2) is 42.6 Å². The highest BCUT2D eigenvalue weighted by molar-refractivity contribution is 6.06. The fourth-order valence-corrected chi connectivity index (χ4v) is 4.13. The van der Waals surface area contributed by atoms with Gasteiger partial charge in [-0.15, -0.1) is 0 Å². The van der Waals surface area contributed by atoms with Crippen molar-refractivity contribution < 1.29 is 14.0 Å². The molecule has 0 spiro atoms. The van der Waals surface area contributed by atoms with Crippen molar-refractivity contribution in [3.8, 4) is 11.5 Å². The minimum atomic E-state index is -0.878. The lowest BCUT2D eigenvalue weighted by Crippen LogP contribution is -2.28. The standard InChI is InChI=1S/C24H23FN8O2/c1-24(2)17-19(27-11-9-16(26)34)29-21(30-20(17)31-23(24)35)18-14-7-5-10-28-22(14)33(32-18)12-13-6-3-4-8-15(13)25/h3-8,10H,9,11-12H2,1-2H3,(H2,26,34)(H2,27,29,30,31,35). The molecule has 3 aromatic heterocycles. The number of pyridine rings is 1. The predicted molar refractivity (Wildman–Crippen MR) is 128 cm³/mol. The second-order valence-corrected chi connectivity index (χ2v) is 8.81. The Kier molecular flexibility index (Phi) is 5.39. The Labute approximate surface area is 199 Å². The number of benzene rings is 1. The van der Waals surface area contributed by atoms with Crippen molar-refractivity contribution in [1.29, 1.82) is 0 Å². The van der Waals surface area contributed by atoms with Crippen molar-refractivity contribution in [2.45, 2.75) is 32.2 Å². The van der Waals surface area contributed by atoms with E-state index in [4.69, 9.17) is 5.73 Å². The van der Waals surface area contributed by atoms with Gasteiger partial charge in [-0.2, -0.15) is 5.10 Å². The van der Waals surface area contributed by atoms with Crippen molar-refractivity contribution >= 4 is 34.5 Å². The molecule has 0 radical (unpaired) electrons. The van der Waals surface area contributed by atoms with Gasteiger partial charge >= 0.3 is 0 Å². The van der Waals surface area contributed by atoms with Crippen LogP contribution in [0, 0.1) is 5.82 Å². The molecular formula is C24H23FN8O2. The molecule has 0 fully saturated rings. The number of carbonyl (C=O) groups is 2. The molecule has 0 saturated carbocycles. The van der Waals surface area contributed by atoms with Crippen LogP contribution in [0.2, 0.25) is 0 Å². The van der Waals surface area contributed by atoms with Crippen molar-refractivity contribution in [3.05, 3.63) is 59.5 Å². The lowest BCUT2D eigenvalue weighted by atomic mass is 9.87. The second kappa shape index (κ2) is 8.42. The van der Waals surface area contributed by atoms with Gasteiger partial charge in [0.1, 0.15) is 23.1 Å². The molecule has 2 amide bonds. The summed E-state index contributed by atoms with van der Waals surface area (Å²) < 4.78 is 15.9. The maximum Gasteiger partial charge on any atom is 0.235 e. The van der Waals surface area contributed by atoms with Crippen LogP contribution in [-0.4, -0.2) is 43.1 Å². The lowest BCUT2D eigenvalue weighted by Gasteiger charge is -2.19. The summed E-state index contributed by atoms with van der Waals surface area (Å²) in [6.45, 7) is 3.96. The van der Waals surface area contributed by atoms with E-state index in [1.807, 2.05) is 6.07 Å². The summed E-state index contributed by atoms with van der Waals surface area (Å²) in [7, 11) is 0. The number of fused-ring (bicyclic) bond motifs is 2. The number of hydrogen-bond acceptors (Lipinski definition) is 7. The third-order valence-corrected chi connectivity index (χ3v) is 5.99. The van der Waals surface area contributed by atoms with Crippen molar-refractivity contribution in [1.82, 2.24) is 24.7 Å². The molecule has 178 valence electrons. The summed E-state index contributed by atoms with van der Waals surface area (Å²) >= 11 is 0. The monoisotopic (exact) mass is 474 g/mol. The van der Waals surface area contributed by atoms with E-state index in [9.17, 15) is 14.0 Å². The Balaban J connectivity index is 1.63. The van der Waals surface area contributed by atoms with Crippen LogP contribution in [-0.2, 0) is 21.5 Å². The van der Waals surface area contributed by atoms with Crippen LogP contribution in [0.5, 0.6) is 0 Å². The minimum Gasteiger partial charge on any atom is -0.370 e. The number of anilines is 2. The summed E-state index contributed by atoms with van der Waals surface area (Å²) in [6, 6.07) is 10.1. The predicted octanol–water partition coefficient (Wildman–Crippen LogP) is 2.59. The number of nitrogens with two attached hydrogens (primary N) is 1. The number of rotatable bonds is 7. The molecule has 4 aromatic rings. The van der Waals surface area contributed by atoms with Crippen LogP contribution >= 0.6 is 0 Å². The van der Waals surface area contributed by atoms with Gasteiger partial charge in [-0.05, 0) is 32.0 Å². The largest absolute Gasteiger partial charge is 0.370 e. The molecule has 35 heavy (non-hydrogen) atoms. The molecule has 1 aliphatic heterocycles. The van der Waals surface area contributed by atoms with E-state index in [1.54, 1.807) is 49.0 Å². The maximum atomic E-state index is 14.3. The zero-order valence-corrected chi connectivity index (χ0v) is 19.2. The summed E-state index contributed by atoms with van der Waals surface area (Å²) in [5, 5.41) is 11.3. The summed E-state index contributed by atoms with van der Waals surface area (Å²) in [6.07, 6.45) is 1.73. The number of carbonyl (C=O) groups excluding carboxylic acids is 2. The first-order valence-electron chi connectivity index (χ1n) is 11.1. The first-order valence-corrected chi connectivity index (χ1v) is 11.1. The van der Waals surface area contributed by atoms with Crippen LogP contribution in [0.3, 0.4) is 0 Å². The molecule has 0 unspecified atom stereocenters. The highest BCUT2D eigenvalue weighted by Gasteiger charge is 2.43. The van der Waals surface area contributed by atoms with Crippen molar-refractivity contribution in [2.75, 3.05) is 17.2 Å². The van der Waals surface area contributed by atoms with E-state index < -0.39 is 11.3 Å². The first kappa shape index (κ1) is 22.4. The number of halogens is 1. The molecule has 0 aliphatic carbocycles. The van der Waals surface area contributed by atoms with Crippen LogP contribution in [0.1, 0.15) is 31.4 Å². The number of amides is 2. The summed E-state index contributed by atoms with van der Waals surface area (Å²) in [5.41, 5.74) is 6.45. The minimum absolute atomic E-state index is 0.0973. The van der Waals surface area contributed by atoms with Gasteiger partial charge in [0.15, 0.2) is 11.5 Å². The van der Waals surface area contributed by atoms with Crippen LogP contribution < -0.4 is 16.4 Å². The van der Waals surface area contributed by atoms with Crippen molar-refractivity contribution in [2.24, 2.45) is 5.73 Å². The van der Waals surface area contributed by atoms with Gasteiger partial charge < -0.3 is 16.4 Å². The van der Waals surface area contributed by atoms with E-state index in [-0.39, 0.29) is 37.1 Å². The van der Waals surface area contributed by atoms with Gasteiger partial charge in [-0.1, -0.05) is 18.2 Å². The molecule has 1 aliphatic rings. The smallest absolute Gasteiger partial charge is 0.235 e. The van der Waals surface area contributed by atoms with E-state index in [2.05, 4.69) is 30.7 Å². The number of primary amides is 1. The van der Waals surface area contributed by atoms with Crippen molar-refractivity contribution in [3.63, 3.8) is 0 Å². The topological polar surface area (TPSA) is 141 Å². The molecule has 4 N–H and O–H groups in total. The quantitative estimate of drug-likeness (QED) is 0.374. The molecule has 0 saturated heterocycles. The maximum absolute atomic E-state index is 14.3. The molecule has 5 rings (SSSR count). The van der Waals surface area contributed by atoms with Gasteiger partial charge in [0, 0.05) is 24.7 Å². The molecule has 10 nitrogen and oxygen atoms in total. The van der Waals surface area contributed by atoms with Gasteiger partial charge in [-0.3, -0.25) is 9.59 Å². The average molecular weight is 475 g/mol. The number of aromatic nitrogens is 5. The fourth-order valence-electron chi connectivity index (χ4n) is 4.13. The average Bonchev–Trinajstić information content (AvgIpc) is 3.29. The first-order chi connectivity index (χ1) is 16.8. The summed E-state index contributed by atoms with van der Waals surface area (Å²) in [5.74, 6) is 0.0267. The number of nitrogens with one attached hydrogen (secondary N) is 2. The van der Waals surface area contributed by atoms with Gasteiger partial charge in [0.2, 0.25) is 11.8 Å². The van der Waals surface area contributed by atoms with Gasteiger partial charge in [0.05, 0.1) is 22.9 Å². The Bertz CT molecular complexity index is 1480. The normalized spacial score (nSPS) is 14.1. The SMILES string of the molecule is CC1(C)C(=O)Nc2nc(-c3nn(Cc4ccccc4F)c4ncccc34)nc(NCCC(N)=O)c21. The molecule has 4 heterocycles. The Hall–Kier alpha value is -4.41. The molecule has 11 heteroatoms. The highest BCUT2D eigenvalue weighted by Crippen LogP contribution is 2.41. The Morgan fingerprint density at radius 3 is 2.77 bits per heavy atom. The number of hydrogen-bond donors (Lipinski definition) is 3. The fraction of sp³-hybridized carbons (Fsp3) is 0.250. The van der Waals surface area contributed by atoms with E-state index in [0.717, 1.165) is 0 Å². The second-order valence-electron chi connectivity index (χ2n) is 8.81. The molecule has 1 aromatic carbocycles. The van der Waals surface area contributed by atoms with E-state index in [0.29, 0.717) is 39.5 Å². The highest BCUT2D eigenvalue weighted by atomic mass is 19.1. The van der Waals surface area contributed by atoms with Gasteiger partial charge in [0.25, 0.3) is 0 Å².